The van der Waals surface area contributed by atoms with Crippen LogP contribution in [0.25, 0.3) is 5.78 Å². The number of ether oxygens (including phenoxy) is 4. The molecule has 0 spiro atoms. The summed E-state index contributed by atoms with van der Waals surface area (Å²) in [5.41, 5.74) is 2.21. The number of hydrazone groups is 1. The van der Waals surface area contributed by atoms with E-state index < -0.39 is 6.23 Å². The molecule has 162 valence electrons. The number of nitrogens with zero attached hydrogens (tertiary/aromatic N) is 6. The van der Waals surface area contributed by atoms with E-state index in [0.717, 1.165) is 11.4 Å². The summed E-state index contributed by atoms with van der Waals surface area (Å²) >= 11 is 0. The van der Waals surface area contributed by atoms with E-state index in [1.807, 2.05) is 19.9 Å². The fourth-order valence-corrected chi connectivity index (χ4v) is 3.34. The maximum absolute atomic E-state index is 12.3. The predicted molar refractivity (Wildman–Crippen MR) is 109 cm³/mol. The molecule has 0 N–H and O–H groups in total. The summed E-state index contributed by atoms with van der Waals surface area (Å²) in [6.45, 7) is 5.17. The fourth-order valence-electron chi connectivity index (χ4n) is 3.34. The Bertz CT molecular complexity index is 1180. The largest absolute Gasteiger partial charge is 0.493 e. The van der Waals surface area contributed by atoms with Crippen molar-refractivity contribution in [3.63, 3.8) is 0 Å². The number of rotatable bonds is 5. The van der Waals surface area contributed by atoms with Gasteiger partial charge in [-0.15, -0.1) is 10.2 Å². The molecule has 0 aliphatic carbocycles. The highest BCUT2D eigenvalue weighted by Gasteiger charge is 2.37. The van der Waals surface area contributed by atoms with E-state index in [1.165, 1.54) is 33.3 Å². The lowest BCUT2D eigenvalue weighted by Crippen LogP contribution is -2.26. The number of aryl methyl sites for hydroxylation is 2. The van der Waals surface area contributed by atoms with Crippen LogP contribution in [0, 0.1) is 13.8 Å². The second-order valence-electron chi connectivity index (χ2n) is 6.87. The molecular formula is C20H22N6O5. The Labute approximate surface area is 178 Å². The van der Waals surface area contributed by atoms with Crippen LogP contribution >= 0.6 is 0 Å². The van der Waals surface area contributed by atoms with Gasteiger partial charge in [-0.3, -0.25) is 4.79 Å². The first-order valence-corrected chi connectivity index (χ1v) is 9.42. The fraction of sp³-hybridized carbons (Fsp3) is 0.350. The molecule has 1 aromatic carbocycles. The van der Waals surface area contributed by atoms with Gasteiger partial charge < -0.3 is 18.9 Å². The third kappa shape index (κ3) is 3.47. The van der Waals surface area contributed by atoms with Gasteiger partial charge in [-0.2, -0.15) is 9.99 Å². The van der Waals surface area contributed by atoms with Crippen molar-refractivity contribution in [3.05, 3.63) is 41.0 Å². The summed E-state index contributed by atoms with van der Waals surface area (Å²) in [4.78, 5) is 21.1. The minimum Gasteiger partial charge on any atom is -0.493 e. The van der Waals surface area contributed by atoms with E-state index in [9.17, 15) is 4.79 Å². The van der Waals surface area contributed by atoms with Crippen molar-refractivity contribution in [3.8, 4) is 17.2 Å². The van der Waals surface area contributed by atoms with Gasteiger partial charge in [0.2, 0.25) is 23.4 Å². The first-order valence-electron chi connectivity index (χ1n) is 9.42. The van der Waals surface area contributed by atoms with Crippen LogP contribution < -0.4 is 14.2 Å². The minimum absolute atomic E-state index is 0.194. The van der Waals surface area contributed by atoms with Crippen LogP contribution in [0.15, 0.2) is 23.3 Å². The summed E-state index contributed by atoms with van der Waals surface area (Å²) in [6.07, 6.45) is -0.937. The van der Waals surface area contributed by atoms with Gasteiger partial charge in [0.15, 0.2) is 11.5 Å². The van der Waals surface area contributed by atoms with Crippen LogP contribution in [0.5, 0.6) is 17.2 Å². The lowest BCUT2D eigenvalue weighted by atomic mass is 10.2. The molecule has 1 atom stereocenters. The Hall–Kier alpha value is -3.89. The van der Waals surface area contributed by atoms with E-state index in [4.69, 9.17) is 18.9 Å². The molecule has 1 aliphatic heterocycles. The molecule has 0 saturated heterocycles. The number of benzene rings is 1. The van der Waals surface area contributed by atoms with Gasteiger partial charge in [-0.25, -0.2) is 9.50 Å². The molecular weight excluding hydrogens is 404 g/mol. The minimum atomic E-state index is -0.937. The smallest absolute Gasteiger partial charge is 0.258 e. The zero-order valence-corrected chi connectivity index (χ0v) is 18.0. The van der Waals surface area contributed by atoms with Crippen LogP contribution in [-0.4, -0.2) is 57.7 Å². The van der Waals surface area contributed by atoms with Gasteiger partial charge in [-0.1, -0.05) is 0 Å². The molecule has 2 aromatic heterocycles. The lowest BCUT2D eigenvalue weighted by Gasteiger charge is -2.16. The summed E-state index contributed by atoms with van der Waals surface area (Å²) in [7, 11) is 4.55. The van der Waals surface area contributed by atoms with Crippen LogP contribution in [0.2, 0.25) is 0 Å². The molecule has 0 fully saturated rings. The maximum Gasteiger partial charge on any atom is 0.258 e. The average Bonchev–Trinajstić information content (AvgIpc) is 3.37. The van der Waals surface area contributed by atoms with Crippen LogP contribution in [0.3, 0.4) is 0 Å². The molecule has 11 heteroatoms. The lowest BCUT2D eigenvalue weighted by molar-refractivity contribution is -0.135. The number of hydrogen-bond donors (Lipinski definition) is 0. The molecule has 1 aliphatic rings. The van der Waals surface area contributed by atoms with Crippen molar-refractivity contribution in [2.45, 2.75) is 27.0 Å². The Morgan fingerprint density at radius 3 is 2.29 bits per heavy atom. The van der Waals surface area contributed by atoms with Crippen molar-refractivity contribution >= 4 is 17.6 Å². The zero-order valence-electron chi connectivity index (χ0n) is 18.0. The van der Waals surface area contributed by atoms with Crippen molar-refractivity contribution in [1.29, 1.82) is 0 Å². The maximum atomic E-state index is 12.3. The molecule has 4 rings (SSSR count). The van der Waals surface area contributed by atoms with E-state index in [-0.39, 0.29) is 17.6 Å². The first kappa shape index (κ1) is 20.4. The van der Waals surface area contributed by atoms with Crippen molar-refractivity contribution in [1.82, 2.24) is 24.6 Å². The number of carbonyl (C=O) groups is 1. The van der Waals surface area contributed by atoms with Gasteiger partial charge >= 0.3 is 0 Å². The first-order chi connectivity index (χ1) is 14.9. The molecule has 0 radical (unpaired) electrons. The number of hydrogen-bond acceptors (Lipinski definition) is 9. The quantitative estimate of drug-likeness (QED) is 0.609. The molecule has 0 unspecified atom stereocenters. The molecule has 31 heavy (non-hydrogen) atoms. The Balaban J connectivity index is 1.76. The summed E-state index contributed by atoms with van der Waals surface area (Å²) in [5, 5.41) is 10.0. The Morgan fingerprint density at radius 1 is 1.03 bits per heavy atom. The normalized spacial score (nSPS) is 15.6. The van der Waals surface area contributed by atoms with E-state index in [1.54, 1.807) is 16.6 Å². The standard InChI is InChI=1S/C20H22N6O5/c1-10-7-11(2)25-20(21-10)22-17(23-25)19-26(12(3)27)24-18(31-19)13-8-14(28-4)16(30-6)15(9-13)29-5/h7-9,19H,1-6H3/t19-/m1/s1. The molecule has 3 aromatic rings. The monoisotopic (exact) mass is 426 g/mol. The summed E-state index contributed by atoms with van der Waals surface area (Å²) in [6, 6.07) is 5.27. The zero-order chi connectivity index (χ0) is 22.3. The topological polar surface area (TPSA) is 113 Å². The van der Waals surface area contributed by atoms with Crippen LogP contribution in [-0.2, 0) is 9.53 Å². The Kier molecular flexibility index (Phi) is 5.09. The van der Waals surface area contributed by atoms with E-state index >= 15 is 0 Å². The highest BCUT2D eigenvalue weighted by molar-refractivity contribution is 5.97. The molecule has 1 amide bonds. The number of methoxy groups -OCH3 is 3. The van der Waals surface area contributed by atoms with Crippen molar-refractivity contribution in [2.75, 3.05) is 21.3 Å². The van der Waals surface area contributed by atoms with E-state index in [2.05, 4.69) is 20.2 Å². The number of carbonyl (C=O) groups excluding carboxylic acids is 1. The molecule has 11 nitrogen and oxygen atoms in total. The SMILES string of the molecule is COc1cc(C2=NN(C(C)=O)[C@@H](c3nc4nc(C)cc(C)n4n3)O2)cc(OC)c1OC. The van der Waals surface area contributed by atoms with Gasteiger partial charge in [0.1, 0.15) is 0 Å². The second kappa shape index (κ2) is 7.74. The summed E-state index contributed by atoms with van der Waals surface area (Å²) in [5.74, 6) is 1.85. The number of amides is 1. The molecule has 0 saturated carbocycles. The molecule has 3 heterocycles. The highest BCUT2D eigenvalue weighted by Crippen LogP contribution is 2.40. The van der Waals surface area contributed by atoms with Gasteiger partial charge in [-0.05, 0) is 32.0 Å². The summed E-state index contributed by atoms with van der Waals surface area (Å²) < 4.78 is 23.8. The van der Waals surface area contributed by atoms with Crippen molar-refractivity contribution < 1.29 is 23.7 Å². The predicted octanol–water partition coefficient (Wildman–Crippen LogP) is 2.01. The highest BCUT2D eigenvalue weighted by atomic mass is 16.5. The Morgan fingerprint density at radius 2 is 1.71 bits per heavy atom. The van der Waals surface area contributed by atoms with Crippen LogP contribution in [0.1, 0.15) is 35.9 Å². The second-order valence-corrected chi connectivity index (χ2v) is 6.87. The van der Waals surface area contributed by atoms with Gasteiger partial charge in [0.25, 0.3) is 12.0 Å². The number of fused-ring (bicyclic) bond motifs is 1. The third-order valence-electron chi connectivity index (χ3n) is 4.73. The van der Waals surface area contributed by atoms with Gasteiger partial charge in [0.05, 0.1) is 21.3 Å². The van der Waals surface area contributed by atoms with Crippen molar-refractivity contribution in [2.24, 2.45) is 5.10 Å². The molecule has 0 bridgehead atoms. The number of aromatic nitrogens is 4. The van der Waals surface area contributed by atoms with Crippen LogP contribution in [0.4, 0.5) is 0 Å². The average molecular weight is 426 g/mol. The van der Waals surface area contributed by atoms with E-state index in [0.29, 0.717) is 28.6 Å². The van der Waals surface area contributed by atoms with Gasteiger partial charge in [0, 0.05) is 23.9 Å². The third-order valence-corrected chi connectivity index (χ3v) is 4.73.